The van der Waals surface area contributed by atoms with Crippen LogP contribution in [0.1, 0.15) is 33.1 Å². The molecule has 0 rings (SSSR count). The van der Waals surface area contributed by atoms with Crippen molar-refractivity contribution in [3.05, 3.63) is 0 Å². The molecule has 0 aliphatic heterocycles. The third-order valence-electron chi connectivity index (χ3n) is 2.42. The largest absolute Gasteiger partial charge is 0.370 e. The Labute approximate surface area is 97.4 Å². The second-order valence-electron chi connectivity index (χ2n) is 3.67. The summed E-state index contributed by atoms with van der Waals surface area (Å²) in [6.45, 7) is 6.55. The first-order chi connectivity index (χ1) is 7.61. The summed E-state index contributed by atoms with van der Waals surface area (Å²) in [4.78, 5) is 23.8. The summed E-state index contributed by atoms with van der Waals surface area (Å²) in [6, 6.07) is 0. The maximum absolute atomic E-state index is 11.5. The number of carbonyl (C=O) groups is 2. The van der Waals surface area contributed by atoms with E-state index in [1.807, 2.05) is 13.8 Å². The third-order valence-corrected chi connectivity index (χ3v) is 2.42. The second kappa shape index (κ2) is 9.15. The monoisotopic (exact) mass is 229 g/mol. The van der Waals surface area contributed by atoms with Crippen molar-refractivity contribution in [2.75, 3.05) is 26.2 Å². The maximum atomic E-state index is 11.5. The summed E-state index contributed by atoms with van der Waals surface area (Å²) in [7, 11) is 0. The van der Waals surface area contributed by atoms with Crippen molar-refractivity contribution in [2.24, 2.45) is 5.73 Å². The topological polar surface area (TPSA) is 75.4 Å². The number of unbranched alkanes of at least 4 members (excludes halogenated alkanes) is 1. The Hall–Kier alpha value is -1.10. The van der Waals surface area contributed by atoms with Crippen molar-refractivity contribution in [1.29, 1.82) is 0 Å². The Morgan fingerprint density at radius 3 is 2.31 bits per heavy atom. The van der Waals surface area contributed by atoms with E-state index in [0.717, 1.165) is 32.5 Å². The molecule has 0 unspecified atom stereocenters. The number of primary amides is 1. The molecule has 2 amide bonds. The van der Waals surface area contributed by atoms with Crippen LogP contribution in [-0.4, -0.2) is 42.9 Å². The number of nitrogens with two attached hydrogens (primary N) is 1. The number of carbonyl (C=O) groups excluding carboxylic acids is 2. The van der Waals surface area contributed by atoms with Crippen LogP contribution in [0.5, 0.6) is 0 Å². The van der Waals surface area contributed by atoms with E-state index in [4.69, 9.17) is 5.73 Å². The van der Waals surface area contributed by atoms with Crippen LogP contribution >= 0.6 is 0 Å². The van der Waals surface area contributed by atoms with Crippen LogP contribution in [0.4, 0.5) is 0 Å². The summed E-state index contributed by atoms with van der Waals surface area (Å²) in [5.74, 6) is -0.140. The van der Waals surface area contributed by atoms with Crippen LogP contribution in [0, 0.1) is 0 Å². The number of nitrogens with one attached hydrogen (secondary N) is 1. The predicted molar refractivity (Wildman–Crippen MR) is 63.8 cm³/mol. The summed E-state index contributed by atoms with van der Waals surface area (Å²) >= 11 is 0. The summed E-state index contributed by atoms with van der Waals surface area (Å²) in [5, 5.41) is 3.06. The van der Waals surface area contributed by atoms with Crippen molar-refractivity contribution in [2.45, 2.75) is 33.1 Å². The highest BCUT2D eigenvalue weighted by molar-refractivity contribution is 5.78. The average Bonchev–Trinajstić information content (AvgIpc) is 2.24. The Bertz CT molecular complexity index is 215. The van der Waals surface area contributed by atoms with Gasteiger partial charge in [-0.2, -0.15) is 0 Å². The smallest absolute Gasteiger partial charge is 0.236 e. The minimum Gasteiger partial charge on any atom is -0.370 e. The lowest BCUT2D eigenvalue weighted by Crippen LogP contribution is -2.38. The van der Waals surface area contributed by atoms with Crippen LogP contribution < -0.4 is 11.1 Å². The first-order valence-electron chi connectivity index (χ1n) is 5.88. The van der Waals surface area contributed by atoms with Gasteiger partial charge in [-0.05, 0) is 33.2 Å². The zero-order valence-electron chi connectivity index (χ0n) is 10.3. The summed E-state index contributed by atoms with van der Waals surface area (Å²) in [6.07, 6.45) is 2.07. The van der Waals surface area contributed by atoms with Crippen molar-refractivity contribution in [1.82, 2.24) is 10.2 Å². The maximum Gasteiger partial charge on any atom is 0.236 e. The Kier molecular flexibility index (Phi) is 8.52. The summed E-state index contributed by atoms with van der Waals surface area (Å²) < 4.78 is 0. The van der Waals surface area contributed by atoms with Gasteiger partial charge < -0.3 is 16.0 Å². The molecule has 5 heteroatoms. The van der Waals surface area contributed by atoms with Gasteiger partial charge in [0.15, 0.2) is 0 Å². The van der Waals surface area contributed by atoms with Crippen molar-refractivity contribution < 1.29 is 9.59 Å². The fraction of sp³-hybridized carbons (Fsp3) is 0.818. The van der Waals surface area contributed by atoms with E-state index in [1.165, 1.54) is 0 Å². The molecule has 0 spiro atoms. The van der Waals surface area contributed by atoms with Gasteiger partial charge in [-0.1, -0.05) is 0 Å². The molecule has 0 atom stereocenters. The van der Waals surface area contributed by atoms with E-state index in [0.29, 0.717) is 13.0 Å². The van der Waals surface area contributed by atoms with Gasteiger partial charge in [0.1, 0.15) is 0 Å². The Balaban J connectivity index is 3.44. The minimum atomic E-state index is -0.265. The van der Waals surface area contributed by atoms with Crippen molar-refractivity contribution in [3.63, 3.8) is 0 Å². The number of likely N-dealkylation sites (N-methyl/N-ethyl adjacent to an activating group) is 1. The number of hydrogen-bond donors (Lipinski definition) is 2. The predicted octanol–water partition coefficient (Wildman–Crippen LogP) is 0.100. The summed E-state index contributed by atoms with van der Waals surface area (Å²) in [5.41, 5.74) is 5.01. The van der Waals surface area contributed by atoms with E-state index in [9.17, 15) is 9.59 Å². The quantitative estimate of drug-likeness (QED) is 0.551. The lowest BCUT2D eigenvalue weighted by molar-refractivity contribution is -0.129. The van der Waals surface area contributed by atoms with Gasteiger partial charge in [-0.15, -0.1) is 0 Å². The molecule has 0 bridgehead atoms. The van der Waals surface area contributed by atoms with Crippen LogP contribution in [0.25, 0.3) is 0 Å². The minimum absolute atomic E-state index is 0.125. The standard InChI is InChI=1S/C11H23N3O2/c1-3-14(4-2)11(16)9-13-8-6-5-7-10(12)15/h13H,3-9H2,1-2H3,(H2,12,15). The lowest BCUT2D eigenvalue weighted by atomic mass is 10.2. The van der Waals surface area contributed by atoms with Gasteiger partial charge in [-0.25, -0.2) is 0 Å². The molecule has 0 aromatic heterocycles. The lowest BCUT2D eigenvalue weighted by Gasteiger charge is -2.18. The van der Waals surface area contributed by atoms with E-state index in [-0.39, 0.29) is 11.8 Å². The molecule has 0 saturated heterocycles. The highest BCUT2D eigenvalue weighted by Crippen LogP contribution is 1.92. The molecule has 0 aromatic rings. The third kappa shape index (κ3) is 7.23. The van der Waals surface area contributed by atoms with E-state index < -0.39 is 0 Å². The fourth-order valence-corrected chi connectivity index (χ4v) is 1.43. The highest BCUT2D eigenvalue weighted by Gasteiger charge is 2.07. The Morgan fingerprint density at radius 2 is 1.81 bits per heavy atom. The normalized spacial score (nSPS) is 10.1. The molecule has 0 heterocycles. The van der Waals surface area contributed by atoms with Crippen LogP contribution in [0.3, 0.4) is 0 Å². The molecule has 16 heavy (non-hydrogen) atoms. The molecule has 0 saturated carbocycles. The fourth-order valence-electron chi connectivity index (χ4n) is 1.43. The zero-order valence-corrected chi connectivity index (χ0v) is 10.3. The van der Waals surface area contributed by atoms with Gasteiger partial charge >= 0.3 is 0 Å². The Morgan fingerprint density at radius 1 is 1.19 bits per heavy atom. The van der Waals surface area contributed by atoms with Gasteiger partial charge in [0.05, 0.1) is 6.54 Å². The first kappa shape index (κ1) is 14.9. The molecule has 3 N–H and O–H groups in total. The molecule has 0 radical (unpaired) electrons. The van der Waals surface area contributed by atoms with Gasteiger partial charge in [0.25, 0.3) is 0 Å². The average molecular weight is 229 g/mol. The molecular weight excluding hydrogens is 206 g/mol. The number of amides is 2. The number of hydrogen-bond acceptors (Lipinski definition) is 3. The van der Waals surface area contributed by atoms with Gasteiger partial charge in [0, 0.05) is 19.5 Å². The van der Waals surface area contributed by atoms with Crippen LogP contribution in [-0.2, 0) is 9.59 Å². The van der Waals surface area contributed by atoms with Crippen LogP contribution in [0.15, 0.2) is 0 Å². The van der Waals surface area contributed by atoms with Gasteiger partial charge in [-0.3, -0.25) is 9.59 Å². The SMILES string of the molecule is CCN(CC)C(=O)CNCCCCC(N)=O. The first-order valence-corrected chi connectivity index (χ1v) is 5.88. The molecule has 94 valence electrons. The van der Waals surface area contributed by atoms with Gasteiger partial charge in [0.2, 0.25) is 11.8 Å². The molecule has 0 aromatic carbocycles. The molecule has 0 fully saturated rings. The highest BCUT2D eigenvalue weighted by atomic mass is 16.2. The van der Waals surface area contributed by atoms with Crippen molar-refractivity contribution >= 4 is 11.8 Å². The number of rotatable bonds is 9. The molecule has 5 nitrogen and oxygen atoms in total. The number of nitrogens with zero attached hydrogens (tertiary/aromatic N) is 1. The van der Waals surface area contributed by atoms with Crippen molar-refractivity contribution in [3.8, 4) is 0 Å². The van der Waals surface area contributed by atoms with E-state index in [2.05, 4.69) is 5.32 Å². The molecule has 0 aliphatic rings. The zero-order chi connectivity index (χ0) is 12.4. The van der Waals surface area contributed by atoms with Crippen LogP contribution in [0.2, 0.25) is 0 Å². The second-order valence-corrected chi connectivity index (χ2v) is 3.67. The molecule has 0 aliphatic carbocycles. The molecular formula is C11H23N3O2. The van der Waals surface area contributed by atoms with E-state index >= 15 is 0 Å². The van der Waals surface area contributed by atoms with E-state index in [1.54, 1.807) is 4.90 Å².